The SMILES string of the molecule is C#Cc1cccc(N=Cc2cc(Cl)ccc2O)c1. The lowest BCUT2D eigenvalue weighted by atomic mass is 10.2. The average Bonchev–Trinajstić information content (AvgIpc) is 2.40. The molecular weight excluding hydrogens is 246 g/mol. The number of rotatable bonds is 2. The smallest absolute Gasteiger partial charge is 0.124 e. The van der Waals surface area contributed by atoms with Crippen LogP contribution >= 0.6 is 11.6 Å². The van der Waals surface area contributed by atoms with Crippen LogP contribution in [0.15, 0.2) is 47.5 Å². The molecule has 2 aromatic rings. The van der Waals surface area contributed by atoms with E-state index in [1.807, 2.05) is 18.2 Å². The minimum Gasteiger partial charge on any atom is -0.507 e. The number of hydrogen-bond acceptors (Lipinski definition) is 2. The minimum absolute atomic E-state index is 0.135. The number of nitrogens with zero attached hydrogens (tertiary/aromatic N) is 1. The van der Waals surface area contributed by atoms with Crippen molar-refractivity contribution < 1.29 is 5.11 Å². The molecule has 0 saturated heterocycles. The van der Waals surface area contributed by atoms with Gasteiger partial charge in [0.05, 0.1) is 5.69 Å². The van der Waals surface area contributed by atoms with Crippen molar-refractivity contribution in [2.45, 2.75) is 0 Å². The van der Waals surface area contributed by atoms with Crippen LogP contribution in [0.2, 0.25) is 5.02 Å². The maximum atomic E-state index is 9.63. The highest BCUT2D eigenvalue weighted by Gasteiger charge is 1.99. The van der Waals surface area contributed by atoms with Crippen molar-refractivity contribution in [2.24, 2.45) is 4.99 Å². The molecule has 2 aromatic carbocycles. The van der Waals surface area contributed by atoms with Crippen LogP contribution in [0, 0.1) is 12.3 Å². The van der Waals surface area contributed by atoms with E-state index < -0.39 is 0 Å². The highest BCUT2D eigenvalue weighted by atomic mass is 35.5. The Morgan fingerprint density at radius 1 is 1.22 bits per heavy atom. The Kier molecular flexibility index (Phi) is 3.66. The van der Waals surface area contributed by atoms with Crippen molar-refractivity contribution in [1.82, 2.24) is 0 Å². The molecule has 0 unspecified atom stereocenters. The van der Waals surface area contributed by atoms with Crippen molar-refractivity contribution in [3.05, 3.63) is 58.6 Å². The van der Waals surface area contributed by atoms with E-state index in [0.717, 1.165) is 11.3 Å². The number of hydrogen-bond donors (Lipinski definition) is 1. The largest absolute Gasteiger partial charge is 0.507 e. The predicted molar refractivity (Wildman–Crippen MR) is 74.7 cm³/mol. The summed E-state index contributed by atoms with van der Waals surface area (Å²) >= 11 is 5.85. The zero-order valence-corrected chi connectivity index (χ0v) is 10.2. The monoisotopic (exact) mass is 255 g/mol. The lowest BCUT2D eigenvalue weighted by Gasteiger charge is -1.99. The Morgan fingerprint density at radius 3 is 2.83 bits per heavy atom. The van der Waals surface area contributed by atoms with Crippen LogP contribution < -0.4 is 0 Å². The van der Waals surface area contributed by atoms with E-state index in [4.69, 9.17) is 18.0 Å². The van der Waals surface area contributed by atoms with Crippen molar-refractivity contribution >= 4 is 23.5 Å². The third-order valence-corrected chi connectivity index (χ3v) is 2.59. The minimum atomic E-state index is 0.135. The second-order valence-corrected chi connectivity index (χ2v) is 4.09. The standard InChI is InChI=1S/C15H10ClNO/c1-2-11-4-3-5-14(8-11)17-10-12-9-13(16)6-7-15(12)18/h1,3-10,18H. The van der Waals surface area contributed by atoms with Gasteiger partial charge in [-0.25, -0.2) is 0 Å². The molecular formula is C15H10ClNO. The zero-order chi connectivity index (χ0) is 13.0. The first-order valence-corrected chi connectivity index (χ1v) is 5.66. The van der Waals surface area contributed by atoms with Crippen LogP contribution in [0.5, 0.6) is 5.75 Å². The molecule has 0 saturated carbocycles. The van der Waals surface area contributed by atoms with Gasteiger partial charge in [-0.3, -0.25) is 4.99 Å². The molecule has 0 heterocycles. The fourth-order valence-corrected chi connectivity index (χ4v) is 1.63. The Bertz CT molecular complexity index is 641. The topological polar surface area (TPSA) is 32.6 Å². The molecule has 88 valence electrons. The number of terminal acetylenes is 1. The van der Waals surface area contributed by atoms with Crippen LogP contribution in [0.25, 0.3) is 0 Å². The molecule has 0 bridgehead atoms. The second-order valence-electron chi connectivity index (χ2n) is 3.66. The molecule has 1 N–H and O–H groups in total. The third-order valence-electron chi connectivity index (χ3n) is 2.36. The molecule has 3 heteroatoms. The van der Waals surface area contributed by atoms with Crippen LogP contribution in [-0.2, 0) is 0 Å². The number of phenols is 1. The van der Waals surface area contributed by atoms with Gasteiger partial charge in [0, 0.05) is 22.4 Å². The van der Waals surface area contributed by atoms with E-state index in [9.17, 15) is 5.11 Å². The average molecular weight is 256 g/mol. The van der Waals surface area contributed by atoms with Gasteiger partial charge in [0.25, 0.3) is 0 Å². The van der Waals surface area contributed by atoms with Crippen molar-refractivity contribution in [2.75, 3.05) is 0 Å². The molecule has 0 aromatic heterocycles. The summed E-state index contributed by atoms with van der Waals surface area (Å²) in [6.45, 7) is 0. The number of benzene rings is 2. The van der Waals surface area contributed by atoms with E-state index in [2.05, 4.69) is 10.9 Å². The Hall–Kier alpha value is -2.24. The van der Waals surface area contributed by atoms with Crippen molar-refractivity contribution in [3.63, 3.8) is 0 Å². The molecule has 0 amide bonds. The molecule has 2 rings (SSSR count). The Morgan fingerprint density at radius 2 is 2.06 bits per heavy atom. The van der Waals surface area contributed by atoms with Gasteiger partial charge in [-0.05, 0) is 36.4 Å². The molecule has 0 aliphatic carbocycles. The molecule has 18 heavy (non-hydrogen) atoms. The number of phenolic OH excluding ortho intramolecular Hbond substituents is 1. The first-order valence-electron chi connectivity index (χ1n) is 5.28. The van der Waals surface area contributed by atoms with Gasteiger partial charge in [0.15, 0.2) is 0 Å². The van der Waals surface area contributed by atoms with E-state index in [1.54, 1.807) is 24.4 Å². The first kappa shape index (κ1) is 12.2. The van der Waals surface area contributed by atoms with E-state index >= 15 is 0 Å². The van der Waals surface area contributed by atoms with Gasteiger partial charge in [-0.2, -0.15) is 0 Å². The van der Waals surface area contributed by atoms with Gasteiger partial charge in [-0.15, -0.1) is 6.42 Å². The summed E-state index contributed by atoms with van der Waals surface area (Å²) in [7, 11) is 0. The highest BCUT2D eigenvalue weighted by molar-refractivity contribution is 6.30. The van der Waals surface area contributed by atoms with E-state index in [0.29, 0.717) is 10.6 Å². The van der Waals surface area contributed by atoms with Gasteiger partial charge in [0.2, 0.25) is 0 Å². The van der Waals surface area contributed by atoms with Gasteiger partial charge in [-0.1, -0.05) is 23.6 Å². The van der Waals surface area contributed by atoms with Gasteiger partial charge < -0.3 is 5.11 Å². The molecule has 0 radical (unpaired) electrons. The van der Waals surface area contributed by atoms with Crippen molar-refractivity contribution in [3.8, 4) is 18.1 Å². The third kappa shape index (κ3) is 2.91. The number of halogens is 1. The molecule has 0 aliphatic heterocycles. The molecule has 0 fully saturated rings. The Labute approximate surface area is 111 Å². The second kappa shape index (κ2) is 5.39. The predicted octanol–water partition coefficient (Wildman–Crippen LogP) is 3.78. The van der Waals surface area contributed by atoms with E-state index in [-0.39, 0.29) is 5.75 Å². The molecule has 0 aliphatic rings. The molecule has 2 nitrogen and oxygen atoms in total. The maximum Gasteiger partial charge on any atom is 0.124 e. The van der Waals surface area contributed by atoms with Gasteiger partial charge >= 0.3 is 0 Å². The Balaban J connectivity index is 2.30. The molecule has 0 atom stereocenters. The summed E-state index contributed by atoms with van der Waals surface area (Å²) in [4.78, 5) is 4.25. The fraction of sp³-hybridized carbons (Fsp3) is 0. The first-order chi connectivity index (χ1) is 8.69. The highest BCUT2D eigenvalue weighted by Crippen LogP contribution is 2.21. The van der Waals surface area contributed by atoms with Crippen LogP contribution in [0.4, 0.5) is 5.69 Å². The summed E-state index contributed by atoms with van der Waals surface area (Å²) in [6, 6.07) is 12.1. The summed E-state index contributed by atoms with van der Waals surface area (Å²) in [5.41, 5.74) is 2.05. The molecule has 0 spiro atoms. The fourth-order valence-electron chi connectivity index (χ4n) is 1.45. The van der Waals surface area contributed by atoms with E-state index in [1.165, 1.54) is 6.07 Å². The summed E-state index contributed by atoms with van der Waals surface area (Å²) in [6.07, 6.45) is 6.86. The summed E-state index contributed by atoms with van der Waals surface area (Å²) < 4.78 is 0. The van der Waals surface area contributed by atoms with Crippen LogP contribution in [0.1, 0.15) is 11.1 Å². The normalized spacial score (nSPS) is 10.4. The summed E-state index contributed by atoms with van der Waals surface area (Å²) in [5.74, 6) is 2.68. The number of aliphatic imine (C=N–C) groups is 1. The number of aromatic hydroxyl groups is 1. The lowest BCUT2D eigenvalue weighted by Crippen LogP contribution is -1.82. The van der Waals surface area contributed by atoms with Crippen LogP contribution in [-0.4, -0.2) is 11.3 Å². The maximum absolute atomic E-state index is 9.63. The quantitative estimate of drug-likeness (QED) is 0.643. The van der Waals surface area contributed by atoms with Gasteiger partial charge in [0.1, 0.15) is 5.75 Å². The lowest BCUT2D eigenvalue weighted by molar-refractivity contribution is 0.474. The van der Waals surface area contributed by atoms with Crippen LogP contribution in [0.3, 0.4) is 0 Å². The van der Waals surface area contributed by atoms with Crippen molar-refractivity contribution in [1.29, 1.82) is 0 Å². The summed E-state index contributed by atoms with van der Waals surface area (Å²) in [5, 5.41) is 10.2. The zero-order valence-electron chi connectivity index (χ0n) is 9.47.